The number of carbonyl (C=O) groups excluding carboxylic acids is 1. The second kappa shape index (κ2) is 5.99. The highest BCUT2D eigenvalue weighted by Gasteiger charge is 2.09. The van der Waals surface area contributed by atoms with Crippen LogP contribution in [0.3, 0.4) is 0 Å². The Morgan fingerprint density at radius 3 is 2.50 bits per heavy atom. The van der Waals surface area contributed by atoms with Gasteiger partial charge in [0.1, 0.15) is 5.82 Å². The molecule has 1 amide bonds. The Kier molecular flexibility index (Phi) is 3.89. The first-order valence-corrected chi connectivity index (χ1v) is 7.74. The van der Waals surface area contributed by atoms with Crippen LogP contribution in [-0.4, -0.2) is 17.9 Å². The zero-order valence-corrected chi connectivity index (χ0v) is 12.9. The molecule has 110 valence electrons. The minimum atomic E-state index is -0.425. The Labute approximate surface area is 132 Å². The van der Waals surface area contributed by atoms with Crippen molar-refractivity contribution in [3.05, 3.63) is 58.9 Å². The van der Waals surface area contributed by atoms with E-state index in [1.54, 1.807) is 23.5 Å². The number of rotatable bonds is 4. The van der Waals surface area contributed by atoms with Crippen molar-refractivity contribution >= 4 is 23.1 Å². The van der Waals surface area contributed by atoms with Gasteiger partial charge in [0, 0.05) is 29.9 Å². The van der Waals surface area contributed by atoms with Crippen LogP contribution in [0.15, 0.2) is 53.4 Å². The zero-order valence-electron chi connectivity index (χ0n) is 12.0. The SMILES string of the molecule is CNc1ncc(-c2ccsc2)cc1-c1ccc(C(N)=O)cc1. The third-order valence-electron chi connectivity index (χ3n) is 3.46. The molecule has 0 bridgehead atoms. The second-order valence-electron chi connectivity index (χ2n) is 4.82. The fourth-order valence-electron chi connectivity index (χ4n) is 2.28. The second-order valence-corrected chi connectivity index (χ2v) is 5.60. The molecule has 3 rings (SSSR count). The third kappa shape index (κ3) is 2.71. The third-order valence-corrected chi connectivity index (χ3v) is 4.14. The van der Waals surface area contributed by atoms with Gasteiger partial charge >= 0.3 is 0 Å². The monoisotopic (exact) mass is 309 g/mol. The number of thiophene rings is 1. The number of aromatic nitrogens is 1. The van der Waals surface area contributed by atoms with Gasteiger partial charge in [0.25, 0.3) is 0 Å². The van der Waals surface area contributed by atoms with E-state index in [-0.39, 0.29) is 0 Å². The van der Waals surface area contributed by atoms with E-state index in [9.17, 15) is 4.79 Å². The van der Waals surface area contributed by atoms with Crippen molar-refractivity contribution in [3.8, 4) is 22.3 Å². The van der Waals surface area contributed by atoms with Gasteiger partial charge in [-0.15, -0.1) is 0 Å². The van der Waals surface area contributed by atoms with Gasteiger partial charge in [-0.25, -0.2) is 4.98 Å². The van der Waals surface area contributed by atoms with Crippen LogP contribution in [-0.2, 0) is 0 Å². The molecule has 0 aliphatic carbocycles. The highest BCUT2D eigenvalue weighted by atomic mass is 32.1. The smallest absolute Gasteiger partial charge is 0.248 e. The van der Waals surface area contributed by atoms with E-state index in [1.807, 2.05) is 30.8 Å². The van der Waals surface area contributed by atoms with Gasteiger partial charge in [-0.2, -0.15) is 11.3 Å². The van der Waals surface area contributed by atoms with Gasteiger partial charge in [0.05, 0.1) is 0 Å². The number of hydrogen-bond donors (Lipinski definition) is 2. The summed E-state index contributed by atoms with van der Waals surface area (Å²) in [5.41, 5.74) is 9.97. The molecule has 0 spiro atoms. The van der Waals surface area contributed by atoms with Crippen molar-refractivity contribution in [2.75, 3.05) is 12.4 Å². The largest absolute Gasteiger partial charge is 0.373 e. The molecule has 0 aliphatic heterocycles. The summed E-state index contributed by atoms with van der Waals surface area (Å²) in [4.78, 5) is 15.7. The fourth-order valence-corrected chi connectivity index (χ4v) is 2.95. The maximum atomic E-state index is 11.2. The van der Waals surface area contributed by atoms with E-state index in [0.717, 1.165) is 28.1 Å². The summed E-state index contributed by atoms with van der Waals surface area (Å²) in [7, 11) is 1.84. The van der Waals surface area contributed by atoms with E-state index in [1.165, 1.54) is 0 Å². The predicted molar refractivity (Wildman–Crippen MR) is 91.1 cm³/mol. The molecule has 1 aromatic carbocycles. The lowest BCUT2D eigenvalue weighted by Crippen LogP contribution is -2.10. The normalized spacial score (nSPS) is 10.4. The first kappa shape index (κ1) is 14.3. The molecule has 0 unspecified atom stereocenters. The maximum absolute atomic E-state index is 11.2. The van der Waals surface area contributed by atoms with Crippen molar-refractivity contribution in [2.45, 2.75) is 0 Å². The van der Waals surface area contributed by atoms with E-state index >= 15 is 0 Å². The van der Waals surface area contributed by atoms with Crippen molar-refractivity contribution in [1.29, 1.82) is 0 Å². The molecule has 4 nitrogen and oxygen atoms in total. The van der Waals surface area contributed by atoms with Crippen molar-refractivity contribution in [2.24, 2.45) is 5.73 Å². The molecule has 0 saturated carbocycles. The average Bonchev–Trinajstić information content (AvgIpc) is 3.09. The Bertz CT molecular complexity index is 795. The summed E-state index contributed by atoms with van der Waals surface area (Å²) in [6, 6.07) is 11.4. The molecule has 0 aliphatic rings. The van der Waals surface area contributed by atoms with Crippen LogP contribution in [0.25, 0.3) is 22.3 Å². The Morgan fingerprint density at radius 1 is 1.14 bits per heavy atom. The average molecular weight is 309 g/mol. The molecular weight excluding hydrogens is 294 g/mol. The number of nitrogens with zero attached hydrogens (tertiary/aromatic N) is 1. The number of hydrogen-bond acceptors (Lipinski definition) is 4. The van der Waals surface area contributed by atoms with Gasteiger partial charge in [-0.3, -0.25) is 4.79 Å². The van der Waals surface area contributed by atoms with Crippen LogP contribution in [0.2, 0.25) is 0 Å². The Hall–Kier alpha value is -2.66. The Balaban J connectivity index is 2.07. The molecule has 2 heterocycles. The minimum Gasteiger partial charge on any atom is -0.373 e. The van der Waals surface area contributed by atoms with Gasteiger partial charge in [-0.05, 0) is 46.2 Å². The standard InChI is InChI=1S/C17H15N3OS/c1-19-17-15(11-2-4-12(5-3-11)16(18)21)8-14(9-20-17)13-6-7-22-10-13/h2-10H,1H3,(H2,18,21)(H,19,20). The molecule has 0 fully saturated rings. The van der Waals surface area contributed by atoms with Crippen molar-refractivity contribution < 1.29 is 4.79 Å². The molecule has 2 aromatic heterocycles. The molecule has 5 heteroatoms. The van der Waals surface area contributed by atoms with Crippen LogP contribution >= 0.6 is 11.3 Å². The summed E-state index contributed by atoms with van der Waals surface area (Å²) >= 11 is 1.66. The van der Waals surface area contributed by atoms with Crippen LogP contribution in [0.5, 0.6) is 0 Å². The molecule has 3 N–H and O–H groups in total. The molecule has 0 radical (unpaired) electrons. The van der Waals surface area contributed by atoms with Crippen LogP contribution in [0.4, 0.5) is 5.82 Å². The summed E-state index contributed by atoms with van der Waals surface area (Å²) in [6.07, 6.45) is 1.86. The fraction of sp³-hybridized carbons (Fsp3) is 0.0588. The Morgan fingerprint density at radius 2 is 1.91 bits per heavy atom. The molecule has 22 heavy (non-hydrogen) atoms. The number of amides is 1. The first-order valence-electron chi connectivity index (χ1n) is 6.79. The zero-order chi connectivity index (χ0) is 15.5. The van der Waals surface area contributed by atoms with E-state index in [2.05, 4.69) is 27.8 Å². The number of anilines is 1. The number of primary amides is 1. The maximum Gasteiger partial charge on any atom is 0.248 e. The van der Waals surface area contributed by atoms with E-state index < -0.39 is 5.91 Å². The lowest BCUT2D eigenvalue weighted by atomic mass is 10.0. The summed E-state index contributed by atoms with van der Waals surface area (Å²) in [6.45, 7) is 0. The summed E-state index contributed by atoms with van der Waals surface area (Å²) in [5.74, 6) is 0.372. The lowest BCUT2D eigenvalue weighted by molar-refractivity contribution is 0.100. The van der Waals surface area contributed by atoms with Crippen LogP contribution in [0, 0.1) is 0 Å². The van der Waals surface area contributed by atoms with Gasteiger partial charge < -0.3 is 11.1 Å². The number of nitrogens with one attached hydrogen (secondary N) is 1. The lowest BCUT2D eigenvalue weighted by Gasteiger charge is -2.10. The van der Waals surface area contributed by atoms with Gasteiger partial charge in [0.15, 0.2) is 0 Å². The minimum absolute atomic E-state index is 0.425. The van der Waals surface area contributed by atoms with E-state index in [4.69, 9.17) is 5.73 Å². The number of carbonyl (C=O) groups is 1. The molecule has 0 saturated heterocycles. The highest BCUT2D eigenvalue weighted by Crippen LogP contribution is 2.31. The highest BCUT2D eigenvalue weighted by molar-refractivity contribution is 7.08. The quantitative estimate of drug-likeness (QED) is 0.773. The van der Waals surface area contributed by atoms with Crippen LogP contribution < -0.4 is 11.1 Å². The number of pyridine rings is 1. The number of benzene rings is 1. The summed E-state index contributed by atoms with van der Waals surface area (Å²) < 4.78 is 0. The van der Waals surface area contributed by atoms with Crippen molar-refractivity contribution in [1.82, 2.24) is 4.98 Å². The summed E-state index contributed by atoms with van der Waals surface area (Å²) in [5, 5.41) is 7.24. The molecular formula is C17H15N3OS. The topological polar surface area (TPSA) is 68.0 Å². The van der Waals surface area contributed by atoms with Gasteiger partial charge in [-0.1, -0.05) is 12.1 Å². The van der Waals surface area contributed by atoms with Crippen LogP contribution in [0.1, 0.15) is 10.4 Å². The number of nitrogens with two attached hydrogens (primary N) is 1. The molecule has 0 atom stereocenters. The first-order chi connectivity index (χ1) is 10.7. The van der Waals surface area contributed by atoms with Gasteiger partial charge in [0.2, 0.25) is 5.91 Å². The predicted octanol–water partition coefficient (Wildman–Crippen LogP) is 3.62. The van der Waals surface area contributed by atoms with Crippen molar-refractivity contribution in [3.63, 3.8) is 0 Å². The van der Waals surface area contributed by atoms with E-state index in [0.29, 0.717) is 5.56 Å². The molecule has 3 aromatic rings.